The third-order valence-corrected chi connectivity index (χ3v) is 8.52. The number of hydrogen-bond donors (Lipinski definition) is 0. The standard InChI is InChI=1S/C22H29NO5S2/c1-15(13-29-16(2)24)20(25)23-19(28-21(26)27-3)14-30-22(23)11-9-18(10-12-22)17-7-5-4-6-8-17/h4-8,15,18-19H,9-14H2,1-3H3/t15-,18?,19-,22?/m1/s1. The van der Waals surface area contributed by atoms with Crippen LogP contribution in [0.4, 0.5) is 4.79 Å². The van der Waals surface area contributed by atoms with Gasteiger partial charge in [0, 0.05) is 18.6 Å². The summed E-state index contributed by atoms with van der Waals surface area (Å²) in [5, 5.41) is -0.00843. The van der Waals surface area contributed by atoms with Crippen LogP contribution in [-0.4, -0.2) is 51.8 Å². The van der Waals surface area contributed by atoms with E-state index in [1.54, 1.807) is 16.7 Å². The highest BCUT2D eigenvalue weighted by atomic mass is 32.2. The summed E-state index contributed by atoms with van der Waals surface area (Å²) in [6, 6.07) is 10.5. The number of ether oxygens (including phenoxy) is 2. The molecule has 2 fully saturated rings. The van der Waals surface area contributed by atoms with E-state index in [-0.39, 0.29) is 21.8 Å². The van der Waals surface area contributed by atoms with Gasteiger partial charge in [-0.05, 0) is 37.2 Å². The minimum Gasteiger partial charge on any atom is -0.438 e. The summed E-state index contributed by atoms with van der Waals surface area (Å²) in [7, 11) is 1.27. The molecule has 30 heavy (non-hydrogen) atoms. The van der Waals surface area contributed by atoms with Crippen molar-refractivity contribution < 1.29 is 23.9 Å². The number of thioether (sulfide) groups is 2. The Kier molecular flexibility index (Phi) is 7.74. The maximum Gasteiger partial charge on any atom is 0.509 e. The summed E-state index contributed by atoms with van der Waals surface area (Å²) in [5.41, 5.74) is 1.34. The van der Waals surface area contributed by atoms with Gasteiger partial charge in [-0.1, -0.05) is 49.0 Å². The summed E-state index contributed by atoms with van der Waals surface area (Å²) in [6.45, 7) is 3.34. The molecule has 1 aromatic rings. The van der Waals surface area contributed by atoms with E-state index < -0.39 is 12.4 Å². The van der Waals surface area contributed by atoms with Crippen LogP contribution in [0.1, 0.15) is 51.0 Å². The van der Waals surface area contributed by atoms with E-state index in [1.807, 2.05) is 13.0 Å². The van der Waals surface area contributed by atoms with Crippen molar-refractivity contribution in [3.8, 4) is 0 Å². The molecular formula is C22H29NO5S2. The van der Waals surface area contributed by atoms with Crippen molar-refractivity contribution >= 4 is 40.7 Å². The molecule has 0 aromatic heterocycles. The minimum atomic E-state index is -0.779. The molecule has 3 rings (SSSR count). The molecule has 6 nitrogen and oxygen atoms in total. The monoisotopic (exact) mass is 451 g/mol. The number of carbonyl (C=O) groups is 3. The molecule has 1 aliphatic carbocycles. The van der Waals surface area contributed by atoms with Crippen LogP contribution >= 0.6 is 23.5 Å². The molecule has 1 aliphatic heterocycles. The van der Waals surface area contributed by atoms with Gasteiger partial charge in [0.25, 0.3) is 0 Å². The minimum absolute atomic E-state index is 0.00843. The zero-order valence-corrected chi connectivity index (χ0v) is 19.3. The summed E-state index contributed by atoms with van der Waals surface area (Å²) in [6.07, 6.45) is 2.21. The average Bonchev–Trinajstić information content (AvgIpc) is 3.09. The smallest absolute Gasteiger partial charge is 0.438 e. The summed E-state index contributed by atoms with van der Waals surface area (Å²) in [5.74, 6) is 1.01. The summed E-state index contributed by atoms with van der Waals surface area (Å²) >= 11 is 2.85. The predicted octanol–water partition coefficient (Wildman–Crippen LogP) is 4.64. The quantitative estimate of drug-likeness (QED) is 0.604. The van der Waals surface area contributed by atoms with Gasteiger partial charge in [0.2, 0.25) is 5.91 Å². The van der Waals surface area contributed by atoms with Crippen LogP contribution in [0.15, 0.2) is 30.3 Å². The molecule has 0 radical (unpaired) electrons. The number of benzene rings is 1. The van der Waals surface area contributed by atoms with Gasteiger partial charge < -0.3 is 9.47 Å². The molecule has 1 saturated heterocycles. The van der Waals surface area contributed by atoms with Crippen LogP contribution in [0.3, 0.4) is 0 Å². The normalized spacial score (nSPS) is 27.0. The number of nitrogens with zero attached hydrogens (tertiary/aromatic N) is 1. The van der Waals surface area contributed by atoms with E-state index in [0.717, 1.165) is 37.4 Å². The molecule has 1 saturated carbocycles. The van der Waals surface area contributed by atoms with E-state index >= 15 is 0 Å². The zero-order valence-electron chi connectivity index (χ0n) is 17.7. The van der Waals surface area contributed by atoms with Crippen LogP contribution in [0.25, 0.3) is 0 Å². The van der Waals surface area contributed by atoms with Gasteiger partial charge in [0.05, 0.1) is 17.7 Å². The maximum atomic E-state index is 13.4. The molecule has 164 valence electrons. The molecule has 0 N–H and O–H groups in total. The topological polar surface area (TPSA) is 72.9 Å². The second-order valence-electron chi connectivity index (χ2n) is 7.88. The van der Waals surface area contributed by atoms with Crippen LogP contribution in [0.5, 0.6) is 0 Å². The largest absolute Gasteiger partial charge is 0.509 e. The van der Waals surface area contributed by atoms with Crippen molar-refractivity contribution in [2.75, 3.05) is 18.6 Å². The number of methoxy groups -OCH3 is 1. The van der Waals surface area contributed by atoms with Crippen LogP contribution in [0, 0.1) is 5.92 Å². The fraction of sp³-hybridized carbons (Fsp3) is 0.591. The Morgan fingerprint density at radius 1 is 1.23 bits per heavy atom. The third-order valence-electron chi connectivity index (χ3n) is 5.85. The van der Waals surface area contributed by atoms with Crippen molar-refractivity contribution in [2.45, 2.75) is 56.5 Å². The van der Waals surface area contributed by atoms with Gasteiger partial charge in [-0.3, -0.25) is 14.5 Å². The highest BCUT2D eigenvalue weighted by molar-refractivity contribution is 8.13. The van der Waals surface area contributed by atoms with Gasteiger partial charge in [0.15, 0.2) is 11.3 Å². The first-order valence-corrected chi connectivity index (χ1v) is 12.2. The predicted molar refractivity (Wildman–Crippen MR) is 119 cm³/mol. The average molecular weight is 452 g/mol. The molecule has 1 amide bonds. The molecular weight excluding hydrogens is 422 g/mol. The van der Waals surface area contributed by atoms with E-state index in [9.17, 15) is 14.4 Å². The van der Waals surface area contributed by atoms with E-state index in [4.69, 9.17) is 4.74 Å². The lowest BCUT2D eigenvalue weighted by Crippen LogP contribution is -2.54. The molecule has 1 spiro atoms. The summed E-state index contributed by atoms with van der Waals surface area (Å²) in [4.78, 5) is 38.0. The summed E-state index contributed by atoms with van der Waals surface area (Å²) < 4.78 is 10.1. The first-order valence-electron chi connectivity index (χ1n) is 10.3. The van der Waals surface area contributed by atoms with Crippen molar-refractivity contribution in [2.24, 2.45) is 5.92 Å². The first kappa shape index (κ1) is 23.0. The Bertz CT molecular complexity index is 764. The van der Waals surface area contributed by atoms with Gasteiger partial charge in [-0.25, -0.2) is 4.79 Å². The fourth-order valence-corrected chi connectivity index (χ4v) is 6.45. The highest BCUT2D eigenvalue weighted by Gasteiger charge is 2.53. The van der Waals surface area contributed by atoms with Gasteiger partial charge in [-0.2, -0.15) is 0 Å². The maximum absolute atomic E-state index is 13.4. The van der Waals surface area contributed by atoms with E-state index in [1.165, 1.54) is 19.6 Å². The Labute approximate surface area is 186 Å². The Morgan fingerprint density at radius 2 is 1.90 bits per heavy atom. The fourth-order valence-electron chi connectivity index (χ4n) is 4.29. The number of hydrogen-bond acceptors (Lipinski definition) is 7. The highest BCUT2D eigenvalue weighted by Crippen LogP contribution is 2.52. The Balaban J connectivity index is 1.77. The van der Waals surface area contributed by atoms with Crippen LogP contribution in [-0.2, 0) is 19.1 Å². The van der Waals surface area contributed by atoms with Crippen LogP contribution < -0.4 is 0 Å². The third kappa shape index (κ3) is 5.14. The van der Waals surface area contributed by atoms with Crippen LogP contribution in [0.2, 0.25) is 0 Å². The lowest BCUT2D eigenvalue weighted by molar-refractivity contribution is -0.150. The number of carbonyl (C=O) groups excluding carboxylic acids is 3. The van der Waals surface area contributed by atoms with Gasteiger partial charge >= 0.3 is 6.16 Å². The van der Waals surface area contributed by atoms with Gasteiger partial charge in [-0.15, -0.1) is 11.8 Å². The Hall–Kier alpha value is -1.67. The van der Waals surface area contributed by atoms with Crippen molar-refractivity contribution in [3.63, 3.8) is 0 Å². The van der Waals surface area contributed by atoms with Crippen molar-refractivity contribution in [1.29, 1.82) is 0 Å². The molecule has 0 bridgehead atoms. The molecule has 1 heterocycles. The van der Waals surface area contributed by atoms with Crippen molar-refractivity contribution in [1.82, 2.24) is 4.90 Å². The van der Waals surface area contributed by atoms with E-state index in [0.29, 0.717) is 17.4 Å². The van der Waals surface area contributed by atoms with Crippen molar-refractivity contribution in [3.05, 3.63) is 35.9 Å². The number of rotatable bonds is 5. The molecule has 0 unspecified atom stereocenters. The molecule has 2 atom stereocenters. The van der Waals surface area contributed by atoms with E-state index in [2.05, 4.69) is 29.0 Å². The SMILES string of the molecule is COC(=O)O[C@@H]1CSC2(CCC(c3ccccc3)CC2)N1C(=O)[C@H](C)CSC(C)=O. The molecule has 2 aliphatic rings. The lowest BCUT2D eigenvalue weighted by atomic mass is 9.80. The molecule has 8 heteroatoms. The zero-order chi connectivity index (χ0) is 21.7. The number of amides is 1. The Morgan fingerprint density at radius 3 is 2.50 bits per heavy atom. The van der Waals surface area contributed by atoms with Gasteiger partial charge in [0.1, 0.15) is 0 Å². The second-order valence-corrected chi connectivity index (χ2v) is 10.5. The lowest BCUT2D eigenvalue weighted by Gasteiger charge is -2.44. The molecule has 1 aromatic carbocycles. The second kappa shape index (κ2) is 10.1. The first-order chi connectivity index (χ1) is 14.4.